The van der Waals surface area contributed by atoms with Gasteiger partial charge in [0.1, 0.15) is 5.54 Å². The number of hydrogen-bond acceptors (Lipinski definition) is 5. The van der Waals surface area contributed by atoms with Gasteiger partial charge in [-0.15, -0.1) is 0 Å². The maximum absolute atomic E-state index is 9.01. The number of nitrogens with zero attached hydrogens (tertiary/aromatic N) is 2. The van der Waals surface area contributed by atoms with Crippen molar-refractivity contribution < 1.29 is 9.47 Å². The summed E-state index contributed by atoms with van der Waals surface area (Å²) in [6.07, 6.45) is 1.46. The van der Waals surface area contributed by atoms with E-state index in [0.29, 0.717) is 6.79 Å². The van der Waals surface area contributed by atoms with Crippen molar-refractivity contribution in [3.63, 3.8) is 0 Å². The summed E-state index contributed by atoms with van der Waals surface area (Å²) in [6, 6.07) is 8.24. The van der Waals surface area contributed by atoms with Crippen LogP contribution in [0.2, 0.25) is 0 Å². The zero-order valence-corrected chi connectivity index (χ0v) is 10.8. The van der Waals surface area contributed by atoms with E-state index in [2.05, 4.69) is 17.0 Å². The Labute approximate surface area is 112 Å². The molecule has 0 atom stereocenters. The highest BCUT2D eigenvalue weighted by Crippen LogP contribution is 2.33. The van der Waals surface area contributed by atoms with Gasteiger partial charge in [0.2, 0.25) is 6.79 Å². The van der Waals surface area contributed by atoms with Crippen molar-refractivity contribution in [1.29, 1.82) is 5.26 Å². The third-order valence-corrected chi connectivity index (χ3v) is 3.81. The van der Waals surface area contributed by atoms with Crippen LogP contribution in [0.15, 0.2) is 18.2 Å². The summed E-state index contributed by atoms with van der Waals surface area (Å²) >= 11 is 0. The Hall–Kier alpha value is -1.77. The standard InChI is InChI=1S/C14H17N3O2/c15-9-14(16)3-5-17(6-4-14)8-11-1-2-12-13(7-11)19-10-18-12/h1-2,7H,3-6,8,10,16H2. The van der Waals surface area contributed by atoms with Crippen molar-refractivity contribution >= 4 is 0 Å². The summed E-state index contributed by atoms with van der Waals surface area (Å²) in [7, 11) is 0. The number of ether oxygens (including phenoxy) is 2. The summed E-state index contributed by atoms with van der Waals surface area (Å²) in [5.41, 5.74) is 6.53. The minimum absolute atomic E-state index is 0.306. The Morgan fingerprint density at radius 1 is 1.26 bits per heavy atom. The van der Waals surface area contributed by atoms with Crippen LogP contribution < -0.4 is 15.2 Å². The van der Waals surface area contributed by atoms with Crippen LogP contribution in [-0.4, -0.2) is 30.3 Å². The van der Waals surface area contributed by atoms with E-state index < -0.39 is 5.54 Å². The van der Waals surface area contributed by atoms with Crippen LogP contribution in [0.5, 0.6) is 11.5 Å². The predicted molar refractivity (Wildman–Crippen MR) is 69.6 cm³/mol. The molecule has 3 rings (SSSR count). The number of nitrogens with two attached hydrogens (primary N) is 1. The van der Waals surface area contributed by atoms with Crippen molar-refractivity contribution in [3.05, 3.63) is 23.8 Å². The first-order chi connectivity index (χ1) is 9.18. The van der Waals surface area contributed by atoms with Gasteiger partial charge in [-0.3, -0.25) is 4.90 Å². The molecule has 0 unspecified atom stereocenters. The van der Waals surface area contributed by atoms with E-state index in [1.165, 1.54) is 5.56 Å². The predicted octanol–water partition coefficient (Wildman–Crippen LogP) is 1.23. The van der Waals surface area contributed by atoms with E-state index >= 15 is 0 Å². The van der Waals surface area contributed by atoms with Gasteiger partial charge in [0.25, 0.3) is 0 Å². The van der Waals surface area contributed by atoms with Crippen LogP contribution in [0.4, 0.5) is 0 Å². The van der Waals surface area contributed by atoms with Crippen molar-refractivity contribution in [2.75, 3.05) is 19.9 Å². The van der Waals surface area contributed by atoms with Gasteiger partial charge in [0.05, 0.1) is 6.07 Å². The van der Waals surface area contributed by atoms with E-state index in [-0.39, 0.29) is 0 Å². The highest BCUT2D eigenvalue weighted by Gasteiger charge is 2.30. The number of fused-ring (bicyclic) bond motifs is 1. The lowest BCUT2D eigenvalue weighted by atomic mass is 9.90. The lowest BCUT2D eigenvalue weighted by Gasteiger charge is -2.34. The Morgan fingerprint density at radius 2 is 2.00 bits per heavy atom. The summed E-state index contributed by atoms with van der Waals surface area (Å²) in [6.45, 7) is 2.88. The fourth-order valence-corrected chi connectivity index (χ4v) is 2.52. The molecular formula is C14H17N3O2. The van der Waals surface area contributed by atoms with E-state index in [1.807, 2.05) is 12.1 Å². The van der Waals surface area contributed by atoms with Crippen molar-refractivity contribution in [2.24, 2.45) is 5.73 Å². The third kappa shape index (κ3) is 2.50. The molecule has 0 spiro atoms. The molecule has 2 aliphatic rings. The van der Waals surface area contributed by atoms with Crippen LogP contribution in [0, 0.1) is 11.3 Å². The molecule has 0 aromatic heterocycles. The smallest absolute Gasteiger partial charge is 0.231 e. The van der Waals surface area contributed by atoms with Gasteiger partial charge in [0, 0.05) is 19.6 Å². The molecule has 1 aromatic rings. The normalized spacial score (nSPS) is 21.1. The zero-order valence-electron chi connectivity index (χ0n) is 10.8. The summed E-state index contributed by atoms with van der Waals surface area (Å²) < 4.78 is 10.7. The fourth-order valence-electron chi connectivity index (χ4n) is 2.52. The Morgan fingerprint density at radius 3 is 2.74 bits per heavy atom. The number of rotatable bonds is 2. The van der Waals surface area contributed by atoms with Gasteiger partial charge in [-0.1, -0.05) is 6.07 Å². The molecule has 19 heavy (non-hydrogen) atoms. The molecule has 5 heteroatoms. The Balaban J connectivity index is 1.62. The molecule has 100 valence electrons. The maximum Gasteiger partial charge on any atom is 0.231 e. The fraction of sp³-hybridized carbons (Fsp3) is 0.500. The van der Waals surface area contributed by atoms with Gasteiger partial charge in [-0.05, 0) is 30.5 Å². The number of piperidine rings is 1. The van der Waals surface area contributed by atoms with Crippen LogP contribution in [0.25, 0.3) is 0 Å². The molecule has 5 nitrogen and oxygen atoms in total. The molecule has 2 aliphatic heterocycles. The Kier molecular flexibility index (Phi) is 3.05. The molecule has 0 aliphatic carbocycles. The molecule has 0 bridgehead atoms. The van der Waals surface area contributed by atoms with E-state index in [1.54, 1.807) is 0 Å². The second-order valence-electron chi connectivity index (χ2n) is 5.23. The van der Waals surface area contributed by atoms with Gasteiger partial charge in [0.15, 0.2) is 11.5 Å². The van der Waals surface area contributed by atoms with Crippen LogP contribution in [-0.2, 0) is 6.54 Å². The minimum Gasteiger partial charge on any atom is -0.454 e. The SMILES string of the molecule is N#CC1(N)CCN(Cc2ccc3c(c2)OCO3)CC1. The Bertz CT molecular complexity index is 516. The molecule has 1 aromatic carbocycles. The molecule has 0 amide bonds. The first kappa shape index (κ1) is 12.3. The second-order valence-corrected chi connectivity index (χ2v) is 5.23. The third-order valence-electron chi connectivity index (χ3n) is 3.81. The van der Waals surface area contributed by atoms with Gasteiger partial charge < -0.3 is 15.2 Å². The van der Waals surface area contributed by atoms with Crippen LogP contribution in [0.3, 0.4) is 0 Å². The quantitative estimate of drug-likeness (QED) is 0.865. The highest BCUT2D eigenvalue weighted by atomic mass is 16.7. The summed E-state index contributed by atoms with van der Waals surface area (Å²) in [5.74, 6) is 1.63. The zero-order chi connectivity index (χ0) is 13.3. The molecule has 0 radical (unpaired) electrons. The maximum atomic E-state index is 9.01. The van der Waals surface area contributed by atoms with Crippen molar-refractivity contribution in [3.8, 4) is 17.6 Å². The topological polar surface area (TPSA) is 71.5 Å². The van der Waals surface area contributed by atoms with Gasteiger partial charge in [-0.25, -0.2) is 0 Å². The second kappa shape index (κ2) is 4.72. The van der Waals surface area contributed by atoms with Crippen LogP contribution in [0.1, 0.15) is 18.4 Å². The van der Waals surface area contributed by atoms with E-state index in [9.17, 15) is 0 Å². The molecular weight excluding hydrogens is 242 g/mol. The number of hydrogen-bond donors (Lipinski definition) is 1. The summed E-state index contributed by atoms with van der Waals surface area (Å²) in [4.78, 5) is 2.32. The van der Waals surface area contributed by atoms with E-state index in [0.717, 1.165) is 44.0 Å². The van der Waals surface area contributed by atoms with E-state index in [4.69, 9.17) is 20.5 Å². The van der Waals surface area contributed by atoms with Gasteiger partial charge in [-0.2, -0.15) is 5.26 Å². The minimum atomic E-state index is -0.634. The van der Waals surface area contributed by atoms with Crippen LogP contribution >= 0.6 is 0 Å². The average molecular weight is 259 g/mol. The molecule has 0 saturated carbocycles. The number of nitriles is 1. The first-order valence-electron chi connectivity index (χ1n) is 6.50. The molecule has 1 saturated heterocycles. The molecule has 2 N–H and O–H groups in total. The number of benzene rings is 1. The van der Waals surface area contributed by atoms with Crippen molar-refractivity contribution in [2.45, 2.75) is 24.9 Å². The lowest BCUT2D eigenvalue weighted by molar-refractivity contribution is 0.173. The highest BCUT2D eigenvalue weighted by molar-refractivity contribution is 5.44. The molecule has 1 fully saturated rings. The number of likely N-dealkylation sites (tertiary alicyclic amines) is 1. The average Bonchev–Trinajstić information content (AvgIpc) is 2.89. The lowest BCUT2D eigenvalue weighted by Crippen LogP contribution is -2.49. The van der Waals surface area contributed by atoms with Crippen molar-refractivity contribution in [1.82, 2.24) is 4.90 Å². The van der Waals surface area contributed by atoms with Gasteiger partial charge >= 0.3 is 0 Å². The monoisotopic (exact) mass is 259 g/mol. The summed E-state index contributed by atoms with van der Waals surface area (Å²) in [5, 5.41) is 9.01. The molecule has 2 heterocycles. The first-order valence-corrected chi connectivity index (χ1v) is 6.50. The largest absolute Gasteiger partial charge is 0.454 e.